The molecule has 0 spiro atoms. The van der Waals surface area contributed by atoms with E-state index in [0.29, 0.717) is 5.82 Å². The predicted octanol–water partition coefficient (Wildman–Crippen LogP) is 4.78. The van der Waals surface area contributed by atoms with Gasteiger partial charge in [0, 0.05) is 5.56 Å². The number of nitrogens with one attached hydrogen (secondary N) is 1. The number of ether oxygens (including phenoxy) is 1. The van der Waals surface area contributed by atoms with Crippen LogP contribution in [0.15, 0.2) is 41.1 Å². The molecule has 8 heteroatoms. The number of hydrogen-bond acceptors (Lipinski definition) is 5. The van der Waals surface area contributed by atoms with Crippen LogP contribution in [0.25, 0.3) is 11.4 Å². The molecule has 1 aromatic heterocycles. The maximum absolute atomic E-state index is 12.6. The van der Waals surface area contributed by atoms with Crippen molar-refractivity contribution in [1.82, 2.24) is 25.2 Å². The summed E-state index contributed by atoms with van der Waals surface area (Å²) in [5.41, 5.74) is 10.2. The first-order valence-electron chi connectivity index (χ1n) is 10.2. The fourth-order valence-corrected chi connectivity index (χ4v) is 4.02. The number of hydrazine groups is 1. The summed E-state index contributed by atoms with van der Waals surface area (Å²) in [5.74, 6) is 1.67. The number of aromatic nitrogens is 3. The number of nitrogens with zero attached hydrogens (tertiary/aromatic N) is 4. The lowest BCUT2D eigenvalue weighted by Crippen LogP contribution is -2.35. The Bertz CT molecular complexity index is 1120. The van der Waals surface area contributed by atoms with Crippen LogP contribution in [0, 0.1) is 27.7 Å². The number of halogens is 2. The monoisotopic (exact) mass is 426 g/mol. The van der Waals surface area contributed by atoms with E-state index in [9.17, 15) is 8.78 Å². The lowest BCUT2D eigenvalue weighted by Gasteiger charge is -2.28. The molecule has 1 unspecified atom stereocenters. The van der Waals surface area contributed by atoms with E-state index in [0.717, 1.165) is 46.0 Å². The van der Waals surface area contributed by atoms with Crippen LogP contribution >= 0.6 is 0 Å². The number of aryl methyl sites for hydroxylation is 3. The Morgan fingerprint density at radius 2 is 2.00 bits per heavy atom. The van der Waals surface area contributed by atoms with Crippen LogP contribution in [-0.4, -0.2) is 32.4 Å². The van der Waals surface area contributed by atoms with Crippen molar-refractivity contribution in [1.29, 1.82) is 0 Å². The maximum atomic E-state index is 12.6. The zero-order valence-electron chi connectivity index (χ0n) is 18.3. The van der Waals surface area contributed by atoms with Crippen molar-refractivity contribution < 1.29 is 13.5 Å². The van der Waals surface area contributed by atoms with Crippen LogP contribution in [0.3, 0.4) is 0 Å². The van der Waals surface area contributed by atoms with Crippen molar-refractivity contribution in [3.05, 3.63) is 70.8 Å². The summed E-state index contributed by atoms with van der Waals surface area (Å²) in [7, 11) is 0. The van der Waals surface area contributed by atoms with Crippen LogP contribution in [0.2, 0.25) is 0 Å². The van der Waals surface area contributed by atoms with Crippen molar-refractivity contribution in [3.8, 4) is 5.75 Å². The standard InChI is InChI=1S/C23H26F2N5O/c1-12(2)20(19-10-9-18(11-13(19)3)31-23(24)25)30-22(17-7-8-17)21(14(4)27-30)29-16(6)26-15(5)28-29/h7,9-11,14,23,27H,1,8H2,2-6H3/b20-12+. The number of rotatable bonds is 6. The molecule has 0 amide bonds. The quantitative estimate of drug-likeness (QED) is 0.721. The van der Waals surface area contributed by atoms with Crippen LogP contribution in [0.5, 0.6) is 5.75 Å². The van der Waals surface area contributed by atoms with Gasteiger partial charge >= 0.3 is 6.61 Å². The van der Waals surface area contributed by atoms with Crippen LogP contribution < -0.4 is 10.2 Å². The largest absolute Gasteiger partial charge is 0.435 e. The molecule has 31 heavy (non-hydrogen) atoms. The highest BCUT2D eigenvalue weighted by Crippen LogP contribution is 2.43. The third-order valence-electron chi connectivity index (χ3n) is 5.32. The summed E-state index contributed by atoms with van der Waals surface area (Å²) in [6, 6.07) is 4.95. The van der Waals surface area contributed by atoms with E-state index in [1.165, 1.54) is 5.57 Å². The molecule has 2 heterocycles. The molecule has 0 bridgehead atoms. The third kappa shape index (κ3) is 3.99. The highest BCUT2D eigenvalue weighted by Gasteiger charge is 2.37. The van der Waals surface area contributed by atoms with Gasteiger partial charge in [-0.3, -0.25) is 5.01 Å². The SMILES string of the molecule is [CH2]/C(C)=C(/c1ccc(OC(F)F)cc1C)N1NC(C)C(n2nc(C)nc2C)=C1C1=CC1. The first kappa shape index (κ1) is 21.2. The normalized spacial score (nSPS) is 19.2. The van der Waals surface area contributed by atoms with E-state index in [-0.39, 0.29) is 11.8 Å². The Kier molecular flexibility index (Phi) is 5.43. The van der Waals surface area contributed by atoms with Crippen molar-refractivity contribution in [2.24, 2.45) is 0 Å². The molecule has 1 N–H and O–H groups in total. The second-order valence-corrected chi connectivity index (χ2v) is 7.96. The molecular weight excluding hydrogens is 400 g/mol. The smallest absolute Gasteiger partial charge is 0.387 e. The van der Waals surface area contributed by atoms with Crippen LogP contribution in [0.1, 0.15) is 43.0 Å². The van der Waals surface area contributed by atoms with E-state index in [1.54, 1.807) is 18.2 Å². The van der Waals surface area contributed by atoms with Crippen LogP contribution in [-0.2, 0) is 0 Å². The Balaban J connectivity index is 1.82. The molecule has 1 aliphatic carbocycles. The van der Waals surface area contributed by atoms with Crippen LogP contribution in [0.4, 0.5) is 8.78 Å². The summed E-state index contributed by atoms with van der Waals surface area (Å²) in [6.07, 6.45) is 3.07. The van der Waals surface area contributed by atoms with E-state index >= 15 is 0 Å². The second-order valence-electron chi connectivity index (χ2n) is 7.96. The highest BCUT2D eigenvalue weighted by atomic mass is 19.3. The van der Waals surface area contributed by atoms with Gasteiger partial charge in [-0.25, -0.2) is 15.1 Å². The first-order chi connectivity index (χ1) is 14.7. The minimum atomic E-state index is -2.86. The molecule has 1 aromatic carbocycles. The Morgan fingerprint density at radius 3 is 2.52 bits per heavy atom. The lowest BCUT2D eigenvalue weighted by molar-refractivity contribution is -0.0498. The summed E-state index contributed by atoms with van der Waals surface area (Å²) in [6.45, 7) is 11.1. The van der Waals surface area contributed by atoms with Gasteiger partial charge in [-0.1, -0.05) is 6.08 Å². The zero-order valence-corrected chi connectivity index (χ0v) is 18.3. The van der Waals surface area contributed by atoms with Gasteiger partial charge in [-0.05, 0) is 82.9 Å². The van der Waals surface area contributed by atoms with Gasteiger partial charge in [0.15, 0.2) is 0 Å². The Labute approximate surface area is 180 Å². The predicted molar refractivity (Wildman–Crippen MR) is 116 cm³/mol. The lowest BCUT2D eigenvalue weighted by atomic mass is 10.0. The molecular formula is C23H26F2N5O. The summed E-state index contributed by atoms with van der Waals surface area (Å²) in [4.78, 5) is 4.47. The average molecular weight is 426 g/mol. The van der Waals surface area contributed by atoms with E-state index in [4.69, 9.17) is 0 Å². The van der Waals surface area contributed by atoms with Gasteiger partial charge < -0.3 is 4.74 Å². The molecule has 1 aliphatic heterocycles. The molecule has 1 atom stereocenters. The van der Waals surface area contributed by atoms with Crippen molar-refractivity contribution >= 4 is 11.4 Å². The molecule has 4 rings (SSSR count). The summed E-state index contributed by atoms with van der Waals surface area (Å²) >= 11 is 0. The fraction of sp³-hybridized carbons (Fsp3) is 0.348. The van der Waals surface area contributed by atoms with E-state index < -0.39 is 6.61 Å². The molecule has 2 aromatic rings. The molecule has 0 saturated heterocycles. The number of benzene rings is 1. The molecule has 0 saturated carbocycles. The second kappa shape index (κ2) is 7.92. The topological polar surface area (TPSA) is 55.2 Å². The molecule has 6 nitrogen and oxygen atoms in total. The van der Waals surface area contributed by atoms with E-state index in [2.05, 4.69) is 40.2 Å². The highest BCUT2D eigenvalue weighted by molar-refractivity contribution is 5.78. The van der Waals surface area contributed by atoms with E-state index in [1.807, 2.05) is 37.4 Å². The minimum Gasteiger partial charge on any atom is -0.435 e. The minimum absolute atomic E-state index is 0.0209. The fourth-order valence-electron chi connectivity index (χ4n) is 4.02. The van der Waals surface area contributed by atoms with Crippen molar-refractivity contribution in [3.63, 3.8) is 0 Å². The van der Waals surface area contributed by atoms with Gasteiger partial charge in [0.05, 0.1) is 23.1 Å². The molecule has 2 aliphatic rings. The van der Waals surface area contributed by atoms with Crippen molar-refractivity contribution in [2.45, 2.75) is 53.7 Å². The van der Waals surface area contributed by atoms with Gasteiger partial charge in [0.25, 0.3) is 0 Å². The number of hydrogen-bond donors (Lipinski definition) is 1. The summed E-state index contributed by atoms with van der Waals surface area (Å²) < 4.78 is 31.7. The summed E-state index contributed by atoms with van der Waals surface area (Å²) in [5, 5.41) is 6.65. The maximum Gasteiger partial charge on any atom is 0.387 e. The molecule has 163 valence electrons. The Morgan fingerprint density at radius 1 is 1.29 bits per heavy atom. The third-order valence-corrected chi connectivity index (χ3v) is 5.32. The zero-order chi connectivity index (χ0) is 22.4. The van der Waals surface area contributed by atoms with Gasteiger partial charge in [-0.15, -0.1) is 0 Å². The van der Waals surface area contributed by atoms with Gasteiger partial charge in [0.1, 0.15) is 17.4 Å². The number of allylic oxidation sites excluding steroid dienone is 3. The molecule has 1 radical (unpaired) electrons. The number of alkyl halides is 2. The van der Waals surface area contributed by atoms with Crippen molar-refractivity contribution in [2.75, 3.05) is 0 Å². The Hall–Kier alpha value is -3.00. The van der Waals surface area contributed by atoms with Gasteiger partial charge in [-0.2, -0.15) is 13.9 Å². The van der Waals surface area contributed by atoms with Gasteiger partial charge in [0.2, 0.25) is 0 Å². The molecule has 0 fully saturated rings. The first-order valence-corrected chi connectivity index (χ1v) is 10.2. The average Bonchev–Trinajstić information content (AvgIpc) is 3.37.